The van der Waals surface area contributed by atoms with Crippen molar-refractivity contribution in [2.45, 2.75) is 9.79 Å². The fraction of sp³-hybridized carbons (Fsp3) is 0.143. The SMILES string of the molecule is O=[S@@](CCS(=O)(=O)c1ccccc1)c1ccc(Cl)cc1. The van der Waals surface area contributed by atoms with Crippen molar-refractivity contribution >= 4 is 32.2 Å². The minimum atomic E-state index is -3.39. The first-order valence-corrected chi connectivity index (χ1v) is 9.26. The minimum Gasteiger partial charge on any atom is -0.254 e. The average molecular weight is 329 g/mol. The molecule has 0 fully saturated rings. The standard InChI is InChI=1S/C14H13ClO3S2/c15-12-6-8-13(9-7-12)19(16)10-11-20(17,18)14-4-2-1-3-5-14/h1-9H,10-11H2/t19-/m0/s1. The lowest BCUT2D eigenvalue weighted by Crippen LogP contribution is -2.13. The summed E-state index contributed by atoms with van der Waals surface area (Å²) in [6.07, 6.45) is 0. The normalized spacial score (nSPS) is 13.1. The molecule has 0 N–H and O–H groups in total. The largest absolute Gasteiger partial charge is 0.254 e. The third-order valence-electron chi connectivity index (χ3n) is 2.72. The van der Waals surface area contributed by atoms with Crippen LogP contribution in [0.15, 0.2) is 64.4 Å². The predicted molar refractivity (Wildman–Crippen MR) is 81.2 cm³/mol. The Morgan fingerprint density at radius 1 is 0.950 bits per heavy atom. The maximum absolute atomic E-state index is 12.1. The van der Waals surface area contributed by atoms with E-state index in [1.54, 1.807) is 54.6 Å². The molecule has 0 bridgehead atoms. The molecule has 0 aromatic heterocycles. The van der Waals surface area contributed by atoms with E-state index >= 15 is 0 Å². The van der Waals surface area contributed by atoms with Crippen LogP contribution in [0.2, 0.25) is 5.02 Å². The van der Waals surface area contributed by atoms with E-state index < -0.39 is 20.6 Å². The number of rotatable bonds is 5. The van der Waals surface area contributed by atoms with Crippen molar-refractivity contribution < 1.29 is 12.6 Å². The maximum atomic E-state index is 12.1. The third-order valence-corrected chi connectivity index (χ3v) is 6.33. The Morgan fingerprint density at radius 3 is 2.15 bits per heavy atom. The van der Waals surface area contributed by atoms with E-state index in [0.29, 0.717) is 9.92 Å². The molecule has 0 saturated carbocycles. The maximum Gasteiger partial charge on any atom is 0.179 e. The number of sulfone groups is 1. The molecule has 1 atom stereocenters. The van der Waals surface area contributed by atoms with Crippen LogP contribution >= 0.6 is 11.6 Å². The molecule has 0 amide bonds. The van der Waals surface area contributed by atoms with E-state index in [9.17, 15) is 12.6 Å². The van der Waals surface area contributed by atoms with Crippen molar-refractivity contribution in [3.8, 4) is 0 Å². The summed E-state index contributed by atoms with van der Waals surface area (Å²) in [6, 6.07) is 14.8. The molecule has 2 rings (SSSR count). The van der Waals surface area contributed by atoms with E-state index in [1.807, 2.05) is 0 Å². The van der Waals surface area contributed by atoms with Gasteiger partial charge in [0, 0.05) is 15.7 Å². The zero-order chi connectivity index (χ0) is 14.6. The van der Waals surface area contributed by atoms with Crippen LogP contribution in [-0.2, 0) is 20.6 Å². The highest BCUT2D eigenvalue weighted by molar-refractivity contribution is 7.93. The fourth-order valence-corrected chi connectivity index (χ4v) is 4.73. The van der Waals surface area contributed by atoms with Crippen molar-refractivity contribution in [3.05, 3.63) is 59.6 Å². The van der Waals surface area contributed by atoms with Crippen LogP contribution < -0.4 is 0 Å². The lowest BCUT2D eigenvalue weighted by Gasteiger charge is -2.05. The summed E-state index contributed by atoms with van der Waals surface area (Å²) in [5.41, 5.74) is 0. The second-order valence-corrected chi connectivity index (χ2v) is 8.25. The molecule has 0 radical (unpaired) electrons. The highest BCUT2D eigenvalue weighted by atomic mass is 35.5. The summed E-state index contributed by atoms with van der Waals surface area (Å²) >= 11 is 5.75. The molecule has 0 heterocycles. The summed E-state index contributed by atoms with van der Waals surface area (Å²) in [5, 5.41) is 0.558. The van der Waals surface area contributed by atoms with Crippen LogP contribution in [0.4, 0.5) is 0 Å². The Balaban J connectivity index is 2.05. The summed E-state index contributed by atoms with van der Waals surface area (Å²) < 4.78 is 36.2. The van der Waals surface area contributed by atoms with Gasteiger partial charge in [-0.1, -0.05) is 29.8 Å². The molecule has 6 heteroatoms. The van der Waals surface area contributed by atoms with Crippen LogP contribution in [0.1, 0.15) is 0 Å². The summed E-state index contributed by atoms with van der Waals surface area (Å²) in [7, 11) is -4.74. The van der Waals surface area contributed by atoms with Crippen molar-refractivity contribution in [3.63, 3.8) is 0 Å². The second kappa shape index (κ2) is 6.52. The zero-order valence-electron chi connectivity index (χ0n) is 10.5. The molecular formula is C14H13ClO3S2. The zero-order valence-corrected chi connectivity index (χ0v) is 12.9. The van der Waals surface area contributed by atoms with Gasteiger partial charge in [-0.2, -0.15) is 0 Å². The smallest absolute Gasteiger partial charge is 0.179 e. The van der Waals surface area contributed by atoms with Gasteiger partial charge in [-0.05, 0) is 36.4 Å². The lowest BCUT2D eigenvalue weighted by molar-refractivity contribution is 0.597. The summed E-state index contributed by atoms with van der Waals surface area (Å²) in [6.45, 7) is 0. The molecule has 2 aromatic rings. The first-order chi connectivity index (χ1) is 9.49. The number of halogens is 1. The van der Waals surface area contributed by atoms with Crippen LogP contribution in [-0.4, -0.2) is 24.1 Å². The topological polar surface area (TPSA) is 51.2 Å². The second-order valence-electron chi connectivity index (χ2n) is 4.14. The van der Waals surface area contributed by atoms with Gasteiger partial charge in [-0.3, -0.25) is 4.21 Å². The molecule has 106 valence electrons. The van der Waals surface area contributed by atoms with Crippen LogP contribution in [0.25, 0.3) is 0 Å². The molecule has 0 aliphatic heterocycles. The Labute approximate surface area is 126 Å². The molecular weight excluding hydrogens is 316 g/mol. The van der Waals surface area contributed by atoms with Gasteiger partial charge in [0.15, 0.2) is 9.84 Å². The Bertz CT molecular complexity index is 695. The molecule has 20 heavy (non-hydrogen) atoms. The number of hydrogen-bond acceptors (Lipinski definition) is 3. The van der Waals surface area contributed by atoms with Crippen molar-refractivity contribution in [1.29, 1.82) is 0 Å². The van der Waals surface area contributed by atoms with Gasteiger partial charge in [0.25, 0.3) is 0 Å². The van der Waals surface area contributed by atoms with E-state index in [0.717, 1.165) is 0 Å². The molecule has 0 saturated heterocycles. The van der Waals surface area contributed by atoms with E-state index in [-0.39, 0.29) is 16.4 Å². The quantitative estimate of drug-likeness (QED) is 0.848. The van der Waals surface area contributed by atoms with Crippen LogP contribution in [0, 0.1) is 0 Å². The average Bonchev–Trinajstić information content (AvgIpc) is 2.46. The summed E-state index contributed by atoms with van der Waals surface area (Å²) in [5.74, 6) is -0.0783. The Hall–Kier alpha value is -1.17. The molecule has 0 aliphatic carbocycles. The Kier molecular flexibility index (Phi) is 4.96. The van der Waals surface area contributed by atoms with Gasteiger partial charge in [-0.15, -0.1) is 0 Å². The van der Waals surface area contributed by atoms with Crippen molar-refractivity contribution in [1.82, 2.24) is 0 Å². The van der Waals surface area contributed by atoms with Crippen molar-refractivity contribution in [2.24, 2.45) is 0 Å². The summed E-state index contributed by atoms with van der Waals surface area (Å²) in [4.78, 5) is 0.839. The van der Waals surface area contributed by atoms with E-state index in [1.165, 1.54) is 0 Å². The first-order valence-electron chi connectivity index (χ1n) is 5.91. The van der Waals surface area contributed by atoms with Gasteiger partial charge in [0.2, 0.25) is 0 Å². The molecule has 2 aromatic carbocycles. The molecule has 0 aliphatic rings. The highest BCUT2D eigenvalue weighted by Gasteiger charge is 2.16. The molecule has 0 spiro atoms. The first kappa shape index (κ1) is 15.2. The van der Waals surface area contributed by atoms with Gasteiger partial charge >= 0.3 is 0 Å². The predicted octanol–water partition coefficient (Wildman–Crippen LogP) is 2.92. The number of benzene rings is 2. The molecule has 3 nitrogen and oxygen atoms in total. The van der Waals surface area contributed by atoms with Gasteiger partial charge in [-0.25, -0.2) is 8.42 Å². The van der Waals surface area contributed by atoms with E-state index in [2.05, 4.69) is 0 Å². The van der Waals surface area contributed by atoms with Crippen LogP contribution in [0.5, 0.6) is 0 Å². The van der Waals surface area contributed by atoms with Crippen molar-refractivity contribution in [2.75, 3.05) is 11.5 Å². The fourth-order valence-electron chi connectivity index (χ4n) is 1.64. The number of hydrogen-bond donors (Lipinski definition) is 0. The van der Waals surface area contributed by atoms with Gasteiger partial charge < -0.3 is 0 Å². The molecule has 0 unspecified atom stereocenters. The minimum absolute atomic E-state index is 0.0683. The monoisotopic (exact) mass is 328 g/mol. The van der Waals surface area contributed by atoms with Crippen LogP contribution in [0.3, 0.4) is 0 Å². The van der Waals surface area contributed by atoms with E-state index in [4.69, 9.17) is 11.6 Å². The highest BCUT2D eigenvalue weighted by Crippen LogP contribution is 2.15. The third kappa shape index (κ3) is 3.91. The Morgan fingerprint density at radius 2 is 1.55 bits per heavy atom. The van der Waals surface area contributed by atoms with Gasteiger partial charge in [0.05, 0.1) is 21.4 Å². The lowest BCUT2D eigenvalue weighted by atomic mass is 10.4. The van der Waals surface area contributed by atoms with Gasteiger partial charge in [0.1, 0.15) is 0 Å².